The van der Waals surface area contributed by atoms with Crippen molar-refractivity contribution in [3.63, 3.8) is 0 Å². The van der Waals surface area contributed by atoms with Crippen LogP contribution in [-0.4, -0.2) is 70.6 Å². The fourth-order valence-corrected chi connectivity index (χ4v) is 3.85. The fourth-order valence-electron chi connectivity index (χ4n) is 3.85. The summed E-state index contributed by atoms with van der Waals surface area (Å²) in [5.74, 6) is 0.153. The highest BCUT2D eigenvalue weighted by Gasteiger charge is 2.32. The highest BCUT2D eigenvalue weighted by atomic mass is 16.5. The number of carbonyl (C=O) groups excluding carboxylic acids is 2. The molecule has 4 rings (SSSR count). The molecule has 0 aliphatic carbocycles. The number of pyridine rings is 1. The smallest absolute Gasteiger partial charge is 0.259 e. The molecule has 0 bridgehead atoms. The van der Waals surface area contributed by atoms with Crippen molar-refractivity contribution in [2.24, 2.45) is 0 Å². The molecule has 1 unspecified atom stereocenters. The normalized spacial score (nSPS) is 20.4. The van der Waals surface area contributed by atoms with E-state index in [0.29, 0.717) is 55.1 Å². The lowest BCUT2D eigenvalue weighted by molar-refractivity contribution is -0.142. The lowest BCUT2D eigenvalue weighted by Crippen LogP contribution is -2.52. The molecule has 8 heteroatoms. The van der Waals surface area contributed by atoms with Gasteiger partial charge in [-0.25, -0.2) is 4.98 Å². The summed E-state index contributed by atoms with van der Waals surface area (Å²) in [7, 11) is 0. The first-order chi connectivity index (χ1) is 13.5. The van der Waals surface area contributed by atoms with Crippen molar-refractivity contribution in [1.29, 1.82) is 0 Å². The number of aromatic nitrogens is 2. The number of rotatable bonds is 3. The van der Waals surface area contributed by atoms with E-state index in [2.05, 4.69) is 10.1 Å². The number of hydrogen-bond acceptors (Lipinski definition) is 6. The molecule has 2 aromatic rings. The van der Waals surface area contributed by atoms with Crippen LogP contribution in [-0.2, 0) is 9.53 Å². The standard InChI is InChI=1S/C20H26N4O4/c1-12(2)15-11-14(17-13(3)22-28-18(17)21-15)19(25)23-6-8-24(9-7-23)20(26)16-5-4-10-27-16/h11-12,16H,4-10H2,1-3H3. The third-order valence-corrected chi connectivity index (χ3v) is 5.54. The minimum atomic E-state index is -0.310. The van der Waals surface area contributed by atoms with Gasteiger partial charge in [0.15, 0.2) is 0 Å². The lowest BCUT2D eigenvalue weighted by Gasteiger charge is -2.35. The van der Waals surface area contributed by atoms with E-state index in [-0.39, 0.29) is 23.8 Å². The summed E-state index contributed by atoms with van der Waals surface area (Å²) in [4.78, 5) is 33.9. The van der Waals surface area contributed by atoms with Crippen LogP contribution in [0.2, 0.25) is 0 Å². The maximum absolute atomic E-state index is 13.3. The van der Waals surface area contributed by atoms with Crippen molar-refractivity contribution in [2.45, 2.75) is 45.6 Å². The summed E-state index contributed by atoms with van der Waals surface area (Å²) in [6.07, 6.45) is 1.41. The summed E-state index contributed by atoms with van der Waals surface area (Å²) in [6.45, 7) is 8.59. The zero-order valence-corrected chi connectivity index (χ0v) is 16.6. The van der Waals surface area contributed by atoms with Crippen molar-refractivity contribution in [2.75, 3.05) is 32.8 Å². The molecular formula is C20H26N4O4. The van der Waals surface area contributed by atoms with Crippen molar-refractivity contribution in [3.05, 3.63) is 23.0 Å². The van der Waals surface area contributed by atoms with Crippen LogP contribution in [0.4, 0.5) is 0 Å². The molecule has 28 heavy (non-hydrogen) atoms. The van der Waals surface area contributed by atoms with E-state index in [1.54, 1.807) is 4.90 Å². The first kappa shape index (κ1) is 18.9. The van der Waals surface area contributed by atoms with Gasteiger partial charge in [0.25, 0.3) is 17.5 Å². The van der Waals surface area contributed by atoms with E-state index in [9.17, 15) is 9.59 Å². The molecule has 2 aliphatic heterocycles. The van der Waals surface area contributed by atoms with Crippen molar-refractivity contribution < 1.29 is 18.8 Å². The quantitative estimate of drug-likeness (QED) is 0.803. The summed E-state index contributed by atoms with van der Waals surface area (Å²) in [5.41, 5.74) is 2.44. The number of carbonyl (C=O) groups is 2. The van der Waals surface area contributed by atoms with Gasteiger partial charge in [-0.3, -0.25) is 9.59 Å². The zero-order chi connectivity index (χ0) is 19.8. The second kappa shape index (κ2) is 7.50. The van der Waals surface area contributed by atoms with Crippen molar-refractivity contribution in [1.82, 2.24) is 19.9 Å². The Morgan fingerprint density at radius 3 is 2.54 bits per heavy atom. The number of piperazine rings is 1. The molecule has 2 aliphatic rings. The van der Waals surface area contributed by atoms with E-state index < -0.39 is 0 Å². The van der Waals surface area contributed by atoms with Crippen molar-refractivity contribution in [3.8, 4) is 0 Å². The molecule has 2 fully saturated rings. The van der Waals surface area contributed by atoms with Crippen LogP contribution in [0.25, 0.3) is 11.1 Å². The monoisotopic (exact) mass is 386 g/mol. The Kier molecular flexibility index (Phi) is 5.05. The van der Waals surface area contributed by atoms with Gasteiger partial charge in [-0.15, -0.1) is 0 Å². The number of nitrogens with zero attached hydrogens (tertiary/aromatic N) is 4. The van der Waals surface area contributed by atoms with Gasteiger partial charge in [0.05, 0.1) is 16.6 Å². The lowest BCUT2D eigenvalue weighted by atomic mass is 10.0. The number of fused-ring (bicyclic) bond motifs is 1. The Labute approximate surface area is 163 Å². The minimum absolute atomic E-state index is 0.0490. The van der Waals surface area contributed by atoms with E-state index in [1.165, 1.54) is 0 Å². The third kappa shape index (κ3) is 3.37. The molecular weight excluding hydrogens is 360 g/mol. The molecule has 0 N–H and O–H groups in total. The fraction of sp³-hybridized carbons (Fsp3) is 0.600. The van der Waals surface area contributed by atoms with Crippen LogP contribution >= 0.6 is 0 Å². The van der Waals surface area contributed by atoms with Gasteiger partial charge in [0.1, 0.15) is 6.10 Å². The van der Waals surface area contributed by atoms with Crippen LogP contribution < -0.4 is 0 Å². The summed E-state index contributed by atoms with van der Waals surface area (Å²) in [5, 5.41) is 4.66. The zero-order valence-electron chi connectivity index (χ0n) is 16.6. The van der Waals surface area contributed by atoms with Gasteiger partial charge in [-0.2, -0.15) is 0 Å². The van der Waals surface area contributed by atoms with Crippen LogP contribution in [0.15, 0.2) is 10.6 Å². The average molecular weight is 386 g/mol. The average Bonchev–Trinajstić information content (AvgIpc) is 3.37. The van der Waals surface area contributed by atoms with E-state index in [1.807, 2.05) is 31.7 Å². The van der Waals surface area contributed by atoms with Crippen LogP contribution in [0.1, 0.15) is 54.4 Å². The summed E-state index contributed by atoms with van der Waals surface area (Å²) in [6, 6.07) is 1.85. The van der Waals surface area contributed by atoms with Gasteiger partial charge in [-0.1, -0.05) is 19.0 Å². The van der Waals surface area contributed by atoms with Gasteiger partial charge in [0, 0.05) is 38.5 Å². The first-order valence-corrected chi connectivity index (χ1v) is 9.92. The Morgan fingerprint density at radius 1 is 1.18 bits per heavy atom. The Balaban J connectivity index is 1.52. The third-order valence-electron chi connectivity index (χ3n) is 5.54. The SMILES string of the molecule is Cc1noc2nc(C(C)C)cc(C(=O)N3CCN(C(=O)C4CCCO4)CC3)c12. The molecule has 0 aromatic carbocycles. The first-order valence-electron chi connectivity index (χ1n) is 9.92. The van der Waals surface area contributed by atoms with Gasteiger partial charge >= 0.3 is 0 Å². The second-order valence-electron chi connectivity index (χ2n) is 7.82. The van der Waals surface area contributed by atoms with Crippen LogP contribution in [0, 0.1) is 6.92 Å². The molecule has 0 radical (unpaired) electrons. The van der Waals surface area contributed by atoms with E-state index >= 15 is 0 Å². The Hall–Kier alpha value is -2.48. The number of amides is 2. The molecule has 1 atom stereocenters. The molecule has 2 amide bonds. The maximum Gasteiger partial charge on any atom is 0.259 e. The Bertz CT molecular complexity index is 893. The highest BCUT2D eigenvalue weighted by Crippen LogP contribution is 2.26. The summed E-state index contributed by atoms with van der Waals surface area (Å²) >= 11 is 0. The predicted octanol–water partition coefficient (Wildman–Crippen LogP) is 2.12. The minimum Gasteiger partial charge on any atom is -0.368 e. The van der Waals surface area contributed by atoms with E-state index in [4.69, 9.17) is 9.26 Å². The largest absolute Gasteiger partial charge is 0.368 e. The number of aryl methyl sites for hydroxylation is 1. The maximum atomic E-state index is 13.3. The van der Waals surface area contributed by atoms with Crippen molar-refractivity contribution >= 4 is 22.9 Å². The summed E-state index contributed by atoms with van der Waals surface area (Å²) < 4.78 is 10.8. The molecule has 2 saturated heterocycles. The Morgan fingerprint density at radius 2 is 1.89 bits per heavy atom. The second-order valence-corrected chi connectivity index (χ2v) is 7.82. The van der Waals surface area contributed by atoms with Crippen LogP contribution in [0.5, 0.6) is 0 Å². The molecule has 8 nitrogen and oxygen atoms in total. The molecule has 0 saturated carbocycles. The van der Waals surface area contributed by atoms with Crippen LogP contribution in [0.3, 0.4) is 0 Å². The van der Waals surface area contributed by atoms with E-state index in [0.717, 1.165) is 18.5 Å². The molecule has 2 aromatic heterocycles. The van der Waals surface area contributed by atoms with Gasteiger partial charge < -0.3 is 19.1 Å². The molecule has 0 spiro atoms. The number of ether oxygens (including phenoxy) is 1. The topological polar surface area (TPSA) is 88.8 Å². The molecule has 4 heterocycles. The molecule has 150 valence electrons. The van der Waals surface area contributed by atoms with Gasteiger partial charge in [0.2, 0.25) is 0 Å². The highest BCUT2D eigenvalue weighted by molar-refractivity contribution is 6.06. The number of hydrogen-bond donors (Lipinski definition) is 0. The predicted molar refractivity (Wildman–Crippen MR) is 102 cm³/mol. The van der Waals surface area contributed by atoms with Gasteiger partial charge in [-0.05, 0) is 31.7 Å².